The molecule has 1 saturated heterocycles. The number of benzene rings is 1. The monoisotopic (exact) mass is 430 g/mol. The number of halogens is 1. The van der Waals surface area contributed by atoms with Crippen molar-refractivity contribution in [3.8, 4) is 0 Å². The number of hydrogen-bond acceptors (Lipinski definition) is 5. The first-order chi connectivity index (χ1) is 14.1. The number of carbonyl (C=O) groups is 2. The van der Waals surface area contributed by atoms with Crippen LogP contribution in [0.25, 0.3) is 0 Å². The van der Waals surface area contributed by atoms with Gasteiger partial charge in [-0.1, -0.05) is 29.8 Å². The van der Waals surface area contributed by atoms with Crippen LogP contribution in [0.1, 0.15) is 17.7 Å². The third-order valence-corrected chi connectivity index (χ3v) is 5.74. The van der Waals surface area contributed by atoms with Crippen molar-refractivity contribution in [1.82, 2.24) is 19.9 Å². The molecule has 3 aromatic rings. The lowest BCUT2D eigenvalue weighted by Gasteiger charge is -2.24. The zero-order chi connectivity index (χ0) is 20.2. The lowest BCUT2D eigenvalue weighted by Crippen LogP contribution is -2.46. The maximum absolute atomic E-state index is 12.5. The van der Waals surface area contributed by atoms with Gasteiger partial charge in [-0.05, 0) is 18.1 Å². The van der Waals surface area contributed by atoms with E-state index in [9.17, 15) is 9.59 Å². The van der Waals surface area contributed by atoms with Gasteiger partial charge in [-0.25, -0.2) is 14.8 Å². The molecule has 0 aliphatic carbocycles. The van der Waals surface area contributed by atoms with E-state index in [1.165, 1.54) is 11.3 Å². The van der Waals surface area contributed by atoms with Crippen LogP contribution in [0.3, 0.4) is 0 Å². The number of nitrogens with one attached hydrogen (secondary N) is 2. The molecule has 0 radical (unpaired) electrons. The molecule has 0 bridgehead atoms. The number of aromatic nitrogens is 3. The smallest absolute Gasteiger partial charge is 0.323 e. The SMILES string of the molecule is O=C(Cc1csc(N2CCCNC2=O)n1)Nc1nccn1Cc1ccccc1Cl. The van der Waals surface area contributed by atoms with Gasteiger partial charge in [0.25, 0.3) is 0 Å². The molecule has 1 aromatic carbocycles. The van der Waals surface area contributed by atoms with Crippen molar-refractivity contribution in [2.24, 2.45) is 0 Å². The summed E-state index contributed by atoms with van der Waals surface area (Å²) in [6.07, 6.45) is 4.39. The van der Waals surface area contributed by atoms with Crippen molar-refractivity contribution < 1.29 is 9.59 Å². The maximum Gasteiger partial charge on any atom is 0.323 e. The summed E-state index contributed by atoms with van der Waals surface area (Å²) in [6.45, 7) is 1.81. The number of rotatable bonds is 6. The van der Waals surface area contributed by atoms with E-state index in [1.54, 1.807) is 22.7 Å². The fourth-order valence-corrected chi connectivity index (χ4v) is 4.06. The molecule has 0 saturated carbocycles. The molecule has 3 heterocycles. The van der Waals surface area contributed by atoms with Crippen molar-refractivity contribution in [3.05, 3.63) is 58.3 Å². The molecule has 2 N–H and O–H groups in total. The number of anilines is 2. The maximum atomic E-state index is 12.5. The Kier molecular flexibility index (Phi) is 5.77. The summed E-state index contributed by atoms with van der Waals surface area (Å²) in [5.41, 5.74) is 1.55. The zero-order valence-corrected chi connectivity index (χ0v) is 17.0. The van der Waals surface area contributed by atoms with Gasteiger partial charge in [0.2, 0.25) is 11.9 Å². The molecule has 0 unspecified atom stereocenters. The first-order valence-corrected chi connectivity index (χ1v) is 10.4. The van der Waals surface area contributed by atoms with Gasteiger partial charge in [0.05, 0.1) is 18.7 Å². The third-order valence-electron chi connectivity index (χ3n) is 4.46. The Labute approximate surface area is 176 Å². The van der Waals surface area contributed by atoms with Crippen LogP contribution in [-0.4, -0.2) is 39.6 Å². The normalized spacial score (nSPS) is 14.0. The van der Waals surface area contributed by atoms with E-state index in [0.717, 1.165) is 12.0 Å². The lowest BCUT2D eigenvalue weighted by atomic mass is 10.2. The minimum atomic E-state index is -0.225. The van der Waals surface area contributed by atoms with Crippen LogP contribution in [0.15, 0.2) is 42.0 Å². The zero-order valence-electron chi connectivity index (χ0n) is 15.5. The topological polar surface area (TPSA) is 92.2 Å². The van der Waals surface area contributed by atoms with Gasteiger partial charge in [0, 0.05) is 35.9 Å². The number of urea groups is 1. The number of amides is 3. The summed E-state index contributed by atoms with van der Waals surface area (Å²) in [5, 5.41) is 8.68. The largest absolute Gasteiger partial charge is 0.338 e. The van der Waals surface area contributed by atoms with Crippen LogP contribution in [-0.2, 0) is 17.8 Å². The van der Waals surface area contributed by atoms with E-state index in [0.29, 0.717) is 41.4 Å². The second-order valence-electron chi connectivity index (χ2n) is 6.55. The standard InChI is InChI=1S/C19H19ClN6O2S/c20-15-5-2-1-4-13(15)11-25-9-7-21-17(25)24-16(27)10-14-12-29-19(23-14)26-8-3-6-22-18(26)28/h1-2,4-5,7,9,12H,3,6,8,10-11H2,(H,22,28)(H,21,24,27). The Hall–Kier alpha value is -2.91. The molecular formula is C19H19ClN6O2S. The first kappa shape index (κ1) is 19.4. The van der Waals surface area contributed by atoms with Crippen LogP contribution in [0.4, 0.5) is 15.9 Å². The molecular weight excluding hydrogens is 412 g/mol. The molecule has 8 nitrogen and oxygen atoms in total. The quantitative estimate of drug-likeness (QED) is 0.628. The average Bonchev–Trinajstić information content (AvgIpc) is 3.34. The summed E-state index contributed by atoms with van der Waals surface area (Å²) in [5.74, 6) is 0.220. The third kappa shape index (κ3) is 4.57. The molecule has 3 amide bonds. The second-order valence-corrected chi connectivity index (χ2v) is 7.80. The van der Waals surface area contributed by atoms with E-state index < -0.39 is 0 Å². The van der Waals surface area contributed by atoms with E-state index in [4.69, 9.17) is 11.6 Å². The molecule has 1 aliphatic heterocycles. The summed E-state index contributed by atoms with van der Waals surface area (Å²) >= 11 is 7.58. The van der Waals surface area contributed by atoms with Crippen LogP contribution >= 0.6 is 22.9 Å². The first-order valence-electron chi connectivity index (χ1n) is 9.14. The van der Waals surface area contributed by atoms with Crippen molar-refractivity contribution >= 4 is 46.0 Å². The number of carbonyl (C=O) groups excluding carboxylic acids is 2. The lowest BCUT2D eigenvalue weighted by molar-refractivity contribution is -0.115. The van der Waals surface area contributed by atoms with Crippen molar-refractivity contribution in [1.29, 1.82) is 0 Å². The van der Waals surface area contributed by atoms with E-state index in [1.807, 2.05) is 28.8 Å². The number of hydrogen-bond donors (Lipinski definition) is 2. The molecule has 0 atom stereocenters. The molecule has 2 aromatic heterocycles. The highest BCUT2D eigenvalue weighted by molar-refractivity contribution is 7.14. The Bertz CT molecular complexity index is 1030. The summed E-state index contributed by atoms with van der Waals surface area (Å²) in [6, 6.07) is 7.40. The number of imidazole rings is 1. The predicted molar refractivity (Wildman–Crippen MR) is 113 cm³/mol. The van der Waals surface area contributed by atoms with Crippen LogP contribution in [0, 0.1) is 0 Å². The van der Waals surface area contributed by atoms with Gasteiger partial charge in [-0.2, -0.15) is 0 Å². The minimum absolute atomic E-state index is 0.102. The molecule has 1 fully saturated rings. The van der Waals surface area contributed by atoms with E-state index in [2.05, 4.69) is 20.6 Å². The highest BCUT2D eigenvalue weighted by Crippen LogP contribution is 2.23. The van der Waals surface area contributed by atoms with Gasteiger partial charge in [0.15, 0.2) is 5.13 Å². The van der Waals surface area contributed by atoms with Gasteiger partial charge in [-0.3, -0.25) is 15.0 Å². The van der Waals surface area contributed by atoms with Crippen molar-refractivity contribution in [2.75, 3.05) is 23.3 Å². The molecule has 0 spiro atoms. The van der Waals surface area contributed by atoms with Gasteiger partial charge < -0.3 is 9.88 Å². The minimum Gasteiger partial charge on any atom is -0.338 e. The van der Waals surface area contributed by atoms with E-state index in [-0.39, 0.29) is 18.4 Å². The molecule has 150 valence electrons. The van der Waals surface area contributed by atoms with Gasteiger partial charge in [-0.15, -0.1) is 11.3 Å². The molecule has 4 rings (SSSR count). The Morgan fingerprint density at radius 3 is 3.03 bits per heavy atom. The van der Waals surface area contributed by atoms with Crippen LogP contribution in [0.2, 0.25) is 5.02 Å². The molecule has 10 heteroatoms. The highest BCUT2D eigenvalue weighted by atomic mass is 35.5. The fourth-order valence-electron chi connectivity index (χ4n) is 3.02. The van der Waals surface area contributed by atoms with Crippen LogP contribution < -0.4 is 15.5 Å². The van der Waals surface area contributed by atoms with Crippen molar-refractivity contribution in [3.63, 3.8) is 0 Å². The fraction of sp³-hybridized carbons (Fsp3) is 0.263. The summed E-state index contributed by atoms with van der Waals surface area (Å²) in [7, 11) is 0. The highest BCUT2D eigenvalue weighted by Gasteiger charge is 2.22. The van der Waals surface area contributed by atoms with E-state index >= 15 is 0 Å². The number of nitrogens with zero attached hydrogens (tertiary/aromatic N) is 4. The summed E-state index contributed by atoms with van der Waals surface area (Å²) < 4.78 is 1.82. The van der Waals surface area contributed by atoms with Gasteiger partial charge in [0.1, 0.15) is 0 Å². The Morgan fingerprint density at radius 1 is 1.34 bits per heavy atom. The molecule has 29 heavy (non-hydrogen) atoms. The van der Waals surface area contributed by atoms with Crippen molar-refractivity contribution in [2.45, 2.75) is 19.4 Å². The number of thiazole rings is 1. The molecule has 1 aliphatic rings. The van der Waals surface area contributed by atoms with Gasteiger partial charge >= 0.3 is 6.03 Å². The van der Waals surface area contributed by atoms with Crippen LogP contribution in [0.5, 0.6) is 0 Å². The second kappa shape index (κ2) is 8.62. The predicted octanol–water partition coefficient (Wildman–Crippen LogP) is 3.14. The average molecular weight is 431 g/mol. The Morgan fingerprint density at radius 2 is 2.21 bits per heavy atom. The summed E-state index contributed by atoms with van der Waals surface area (Å²) in [4.78, 5) is 34.7. The Balaban J connectivity index is 1.39.